The third kappa shape index (κ3) is 2.61. The van der Waals surface area contributed by atoms with Gasteiger partial charge in [-0.25, -0.2) is 9.18 Å². The van der Waals surface area contributed by atoms with Crippen molar-refractivity contribution < 1.29 is 37.3 Å². The van der Waals surface area contributed by atoms with Crippen molar-refractivity contribution in [3.8, 4) is 0 Å². The zero-order chi connectivity index (χ0) is 16.8. The minimum absolute atomic E-state index is 0.259. The highest BCUT2D eigenvalue weighted by molar-refractivity contribution is 5.67. The first-order valence-electron chi connectivity index (χ1n) is 6.18. The summed E-state index contributed by atoms with van der Waals surface area (Å²) in [6.07, 6.45) is -6.30. The van der Waals surface area contributed by atoms with E-state index in [0.717, 1.165) is 6.07 Å². The number of carboxylic acid groups (broad SMARTS) is 1. The molecule has 0 saturated carbocycles. The lowest BCUT2D eigenvalue weighted by atomic mass is 9.77. The summed E-state index contributed by atoms with van der Waals surface area (Å²) in [4.78, 5) is 11.0. The summed E-state index contributed by atoms with van der Waals surface area (Å²) in [5, 5.41) is 21.2. The van der Waals surface area contributed by atoms with E-state index in [-0.39, 0.29) is 12.7 Å². The molecule has 122 valence electrons. The molecule has 1 amide bonds. The Morgan fingerprint density at radius 1 is 1.36 bits per heavy atom. The molecular weight excluding hydrogens is 310 g/mol. The Balaban J connectivity index is 2.57. The number of hydrogen-bond donors (Lipinski definition) is 3. The van der Waals surface area contributed by atoms with Gasteiger partial charge in [-0.2, -0.15) is 13.2 Å². The molecule has 1 aromatic carbocycles. The minimum Gasteiger partial charge on any atom is -0.465 e. The van der Waals surface area contributed by atoms with E-state index < -0.39 is 47.0 Å². The van der Waals surface area contributed by atoms with Crippen LogP contribution in [0.4, 0.5) is 22.4 Å². The van der Waals surface area contributed by atoms with Crippen molar-refractivity contribution in [1.29, 1.82) is 0 Å². The van der Waals surface area contributed by atoms with Crippen LogP contribution < -0.4 is 5.32 Å². The largest absolute Gasteiger partial charge is 0.465 e. The Morgan fingerprint density at radius 3 is 2.41 bits per heavy atom. The zero-order valence-corrected chi connectivity index (χ0v) is 11.4. The van der Waals surface area contributed by atoms with Crippen LogP contribution in [-0.2, 0) is 16.5 Å². The van der Waals surface area contributed by atoms with Gasteiger partial charge in [0.05, 0.1) is 18.8 Å². The third-order valence-corrected chi connectivity index (χ3v) is 3.70. The van der Waals surface area contributed by atoms with E-state index in [1.807, 2.05) is 5.32 Å². The van der Waals surface area contributed by atoms with Crippen molar-refractivity contribution >= 4 is 6.09 Å². The van der Waals surface area contributed by atoms with Gasteiger partial charge in [-0.3, -0.25) is 0 Å². The van der Waals surface area contributed by atoms with Gasteiger partial charge in [0.1, 0.15) is 17.0 Å². The molecule has 2 unspecified atom stereocenters. The van der Waals surface area contributed by atoms with Gasteiger partial charge in [-0.1, -0.05) is 6.07 Å². The molecule has 2 atom stereocenters. The molecule has 2 rings (SSSR count). The summed E-state index contributed by atoms with van der Waals surface area (Å²) >= 11 is 0. The molecule has 9 heteroatoms. The smallest absolute Gasteiger partial charge is 0.416 e. The average molecular weight is 323 g/mol. The fraction of sp³-hybridized carbons (Fsp3) is 0.462. The van der Waals surface area contributed by atoms with Gasteiger partial charge >= 0.3 is 12.3 Å². The topological polar surface area (TPSA) is 78.8 Å². The van der Waals surface area contributed by atoms with Crippen molar-refractivity contribution in [3.63, 3.8) is 0 Å². The van der Waals surface area contributed by atoms with Crippen LogP contribution in [0, 0.1) is 5.82 Å². The Labute approximate surface area is 122 Å². The van der Waals surface area contributed by atoms with Gasteiger partial charge in [-0.15, -0.1) is 0 Å². The molecular formula is C13H13F4NO4. The molecule has 5 nitrogen and oxygen atoms in total. The summed E-state index contributed by atoms with van der Waals surface area (Å²) in [6.45, 7) is 0.509. The second kappa shape index (κ2) is 5.10. The SMILES string of the molecule is CC1(O)COCC1(NC(=O)O)c1ccc(C(F)(F)F)cc1F. The molecule has 0 spiro atoms. The van der Waals surface area contributed by atoms with E-state index in [1.54, 1.807) is 0 Å². The Hall–Kier alpha value is -1.87. The maximum Gasteiger partial charge on any atom is 0.416 e. The van der Waals surface area contributed by atoms with E-state index in [2.05, 4.69) is 0 Å². The van der Waals surface area contributed by atoms with Gasteiger partial charge < -0.3 is 20.3 Å². The third-order valence-electron chi connectivity index (χ3n) is 3.70. The second-order valence-electron chi connectivity index (χ2n) is 5.29. The zero-order valence-electron chi connectivity index (χ0n) is 11.4. The number of amides is 1. The molecule has 0 bridgehead atoms. The number of ether oxygens (including phenoxy) is 1. The molecule has 1 heterocycles. The monoisotopic (exact) mass is 323 g/mol. The van der Waals surface area contributed by atoms with E-state index in [4.69, 9.17) is 9.84 Å². The number of rotatable bonds is 2. The van der Waals surface area contributed by atoms with Crippen LogP contribution in [0.2, 0.25) is 0 Å². The second-order valence-corrected chi connectivity index (χ2v) is 5.29. The van der Waals surface area contributed by atoms with Gasteiger partial charge in [0.2, 0.25) is 0 Å². The normalized spacial score (nSPS) is 28.6. The first kappa shape index (κ1) is 16.5. The maximum absolute atomic E-state index is 14.2. The summed E-state index contributed by atoms with van der Waals surface area (Å²) < 4.78 is 56.9. The predicted molar refractivity (Wildman–Crippen MR) is 65.7 cm³/mol. The first-order chi connectivity index (χ1) is 9.99. The van der Waals surface area contributed by atoms with Crippen LogP contribution in [-0.4, -0.2) is 35.1 Å². The summed E-state index contributed by atoms with van der Waals surface area (Å²) in [6, 6.07) is 1.68. The number of hydrogen-bond acceptors (Lipinski definition) is 3. The lowest BCUT2D eigenvalue weighted by molar-refractivity contribution is -0.137. The summed E-state index contributed by atoms with van der Waals surface area (Å²) in [5.41, 5.74) is -5.35. The highest BCUT2D eigenvalue weighted by Gasteiger charge is 2.56. The first-order valence-corrected chi connectivity index (χ1v) is 6.18. The van der Waals surface area contributed by atoms with Crippen molar-refractivity contribution in [2.75, 3.05) is 13.2 Å². The Kier molecular flexibility index (Phi) is 3.82. The number of aliphatic hydroxyl groups is 1. The molecule has 0 radical (unpaired) electrons. The molecule has 0 aromatic heterocycles. The fourth-order valence-corrected chi connectivity index (χ4v) is 2.51. The lowest BCUT2D eigenvalue weighted by Gasteiger charge is -2.38. The Morgan fingerprint density at radius 2 is 2.00 bits per heavy atom. The van der Waals surface area contributed by atoms with Crippen LogP contribution in [0.25, 0.3) is 0 Å². The van der Waals surface area contributed by atoms with Crippen LogP contribution in [0.5, 0.6) is 0 Å². The maximum atomic E-state index is 14.2. The number of halogens is 4. The van der Waals surface area contributed by atoms with E-state index in [9.17, 15) is 27.5 Å². The molecule has 1 fully saturated rings. The fourth-order valence-electron chi connectivity index (χ4n) is 2.51. The molecule has 1 saturated heterocycles. The van der Waals surface area contributed by atoms with Crippen LogP contribution in [0.15, 0.2) is 18.2 Å². The highest BCUT2D eigenvalue weighted by Crippen LogP contribution is 2.41. The summed E-state index contributed by atoms with van der Waals surface area (Å²) in [7, 11) is 0. The van der Waals surface area contributed by atoms with Crippen molar-refractivity contribution in [3.05, 3.63) is 35.1 Å². The number of nitrogens with one attached hydrogen (secondary N) is 1. The number of carbonyl (C=O) groups is 1. The molecule has 22 heavy (non-hydrogen) atoms. The molecule has 3 N–H and O–H groups in total. The standard InChI is InChI=1S/C13H13F4NO4/c1-11(21)5-22-6-12(11,18-10(19)20)8-3-2-7(4-9(8)14)13(15,16)17/h2-4,18,21H,5-6H2,1H3,(H,19,20). The van der Waals surface area contributed by atoms with Crippen LogP contribution >= 0.6 is 0 Å². The predicted octanol–water partition coefficient (Wildman–Crippen LogP) is 2.09. The van der Waals surface area contributed by atoms with Crippen LogP contribution in [0.1, 0.15) is 18.1 Å². The highest BCUT2D eigenvalue weighted by atomic mass is 19.4. The van der Waals surface area contributed by atoms with Crippen LogP contribution in [0.3, 0.4) is 0 Å². The quantitative estimate of drug-likeness (QED) is 0.728. The van der Waals surface area contributed by atoms with Gasteiger partial charge in [0, 0.05) is 5.56 Å². The van der Waals surface area contributed by atoms with E-state index in [1.165, 1.54) is 6.92 Å². The summed E-state index contributed by atoms with van der Waals surface area (Å²) in [5.74, 6) is -1.28. The lowest BCUT2D eigenvalue weighted by Crippen LogP contribution is -2.60. The average Bonchev–Trinajstić information content (AvgIpc) is 2.63. The molecule has 1 aromatic rings. The molecule has 1 aliphatic rings. The van der Waals surface area contributed by atoms with E-state index >= 15 is 0 Å². The number of benzene rings is 1. The number of alkyl halides is 3. The van der Waals surface area contributed by atoms with Crippen molar-refractivity contribution in [2.45, 2.75) is 24.2 Å². The van der Waals surface area contributed by atoms with Crippen molar-refractivity contribution in [1.82, 2.24) is 5.32 Å². The van der Waals surface area contributed by atoms with Gasteiger partial charge in [-0.05, 0) is 19.1 Å². The van der Waals surface area contributed by atoms with Gasteiger partial charge in [0.25, 0.3) is 0 Å². The van der Waals surface area contributed by atoms with E-state index in [0.29, 0.717) is 6.07 Å². The molecule has 0 aliphatic carbocycles. The van der Waals surface area contributed by atoms with Crippen molar-refractivity contribution in [2.24, 2.45) is 0 Å². The molecule has 1 aliphatic heterocycles. The van der Waals surface area contributed by atoms with Gasteiger partial charge in [0.15, 0.2) is 0 Å². The Bertz CT molecular complexity index is 602. The minimum atomic E-state index is -4.73.